The Balaban J connectivity index is 4.07. The molecule has 0 rings (SSSR count). The van der Waals surface area contributed by atoms with Crippen LogP contribution in [0.1, 0.15) is 309 Å². The Labute approximate surface area is 509 Å². The van der Waals surface area contributed by atoms with E-state index >= 15 is 0 Å². The van der Waals surface area contributed by atoms with Gasteiger partial charge < -0.3 is 28.8 Å². The van der Waals surface area contributed by atoms with E-state index in [1.54, 1.807) is 6.08 Å². The second kappa shape index (κ2) is 62.9. The number of hydrogen-bond acceptors (Lipinski definition) is 6. The Bertz CT molecular complexity index is 1660. The number of nitrogens with zero attached hydrogens (tertiary/aromatic N) is 1. The summed E-state index contributed by atoms with van der Waals surface area (Å²) in [6.45, 7) is 4.57. The highest BCUT2D eigenvalue weighted by atomic mass is 31.2. The molecule has 0 aliphatic rings. The minimum absolute atomic E-state index is 0.00306. The number of likely N-dealkylation sites (N-methyl/N-ethyl adjacent to an activating group) is 1. The molecule has 3 atom stereocenters. The first-order valence-electron chi connectivity index (χ1n) is 34.6. The van der Waals surface area contributed by atoms with Crippen LogP contribution >= 0.6 is 7.82 Å². The van der Waals surface area contributed by atoms with Crippen LogP contribution in [-0.4, -0.2) is 68.5 Å². The van der Waals surface area contributed by atoms with E-state index in [0.29, 0.717) is 17.4 Å². The molecule has 0 fully saturated rings. The Hall–Kier alpha value is -2.58. The maximum absolute atomic E-state index is 13.0. The molecule has 1 amide bonds. The highest BCUT2D eigenvalue weighted by Gasteiger charge is 2.23. The van der Waals surface area contributed by atoms with E-state index in [0.717, 1.165) is 83.5 Å². The number of unbranched alkanes of at least 4 members (excludes halogenated alkanes) is 36. The molecule has 0 spiro atoms. The van der Waals surface area contributed by atoms with Crippen LogP contribution in [0.3, 0.4) is 0 Å². The lowest BCUT2D eigenvalue weighted by molar-refractivity contribution is -0.870. The number of allylic oxidation sites excluding steroid dienone is 15. The summed E-state index contributed by atoms with van der Waals surface area (Å²) in [4.78, 5) is 25.6. The van der Waals surface area contributed by atoms with Gasteiger partial charge in [0.05, 0.1) is 39.9 Å². The molecular formula is C73H133N2O6P. The smallest absolute Gasteiger partial charge is 0.268 e. The highest BCUT2D eigenvalue weighted by molar-refractivity contribution is 7.45. The van der Waals surface area contributed by atoms with Gasteiger partial charge in [-0.3, -0.25) is 9.36 Å². The zero-order valence-electron chi connectivity index (χ0n) is 54.4. The molecule has 0 aromatic carbocycles. The highest BCUT2D eigenvalue weighted by Crippen LogP contribution is 2.38. The van der Waals surface area contributed by atoms with Crippen molar-refractivity contribution in [3.63, 3.8) is 0 Å². The SMILES string of the molecule is CC/C=C\C/C=C\C/C=C\C/C=C\C/C=C\C/C=C\C/C=C\CCCCCCCCCCCCCCCCCC(=O)NC(COP(=O)([O-])OCC[N+](C)(C)C)C(O)/C=C/CCCCCCCCCCCCCCCCCCCCCCC. The number of amides is 1. The molecule has 0 heterocycles. The molecule has 0 aliphatic carbocycles. The number of aliphatic hydroxyl groups is 1. The van der Waals surface area contributed by atoms with Gasteiger partial charge in [0.15, 0.2) is 0 Å². The van der Waals surface area contributed by atoms with E-state index < -0.39 is 20.0 Å². The number of carbonyl (C=O) groups is 1. The summed E-state index contributed by atoms with van der Waals surface area (Å²) in [5.74, 6) is -0.197. The number of phosphoric acid groups is 1. The predicted octanol–water partition coefficient (Wildman–Crippen LogP) is 21.5. The average Bonchev–Trinajstić information content (AvgIpc) is 3.47. The Morgan fingerprint density at radius 3 is 1.09 bits per heavy atom. The molecule has 9 heteroatoms. The maximum atomic E-state index is 13.0. The summed E-state index contributed by atoms with van der Waals surface area (Å²) in [5.41, 5.74) is 0. The number of rotatable bonds is 63. The van der Waals surface area contributed by atoms with E-state index in [-0.39, 0.29) is 19.1 Å². The quantitative estimate of drug-likeness (QED) is 0.0272. The van der Waals surface area contributed by atoms with Gasteiger partial charge in [0.2, 0.25) is 5.91 Å². The summed E-state index contributed by atoms with van der Waals surface area (Å²) in [6.07, 6.45) is 90.9. The van der Waals surface area contributed by atoms with Crippen molar-refractivity contribution in [1.29, 1.82) is 0 Å². The van der Waals surface area contributed by atoms with Gasteiger partial charge in [-0.15, -0.1) is 0 Å². The summed E-state index contributed by atoms with van der Waals surface area (Å²) in [7, 11) is 1.26. The molecule has 0 aromatic heterocycles. The fraction of sp³-hybridized carbons (Fsp3) is 0.767. The minimum atomic E-state index is -4.61. The molecule has 82 heavy (non-hydrogen) atoms. The van der Waals surface area contributed by atoms with Crippen LogP contribution in [-0.2, 0) is 18.4 Å². The molecule has 0 aromatic rings. The number of nitrogens with one attached hydrogen (secondary N) is 1. The van der Waals surface area contributed by atoms with Crippen molar-refractivity contribution in [3.8, 4) is 0 Å². The molecular weight excluding hydrogens is 1030 g/mol. The second-order valence-corrected chi connectivity index (χ2v) is 25.9. The maximum Gasteiger partial charge on any atom is 0.268 e. The Morgan fingerprint density at radius 1 is 0.439 bits per heavy atom. The third-order valence-corrected chi connectivity index (χ3v) is 16.3. The van der Waals surface area contributed by atoms with Gasteiger partial charge in [0, 0.05) is 6.42 Å². The Kier molecular flexibility index (Phi) is 61.0. The van der Waals surface area contributed by atoms with Crippen LogP contribution < -0.4 is 10.2 Å². The topological polar surface area (TPSA) is 108 Å². The number of hydrogen-bond donors (Lipinski definition) is 2. The molecule has 476 valence electrons. The van der Waals surface area contributed by atoms with Gasteiger partial charge in [-0.05, 0) is 77.0 Å². The van der Waals surface area contributed by atoms with Crippen LogP contribution in [0.4, 0.5) is 0 Å². The van der Waals surface area contributed by atoms with Crippen molar-refractivity contribution in [2.75, 3.05) is 40.9 Å². The zero-order chi connectivity index (χ0) is 59.8. The standard InChI is InChI=1S/C73H133N2O6P/c1-6-8-10-12-14-16-18-20-22-24-26-28-30-31-32-33-34-35-36-37-38-39-40-41-42-43-45-47-49-51-53-55-57-59-61-63-65-67-73(77)74-71(70-81-82(78,79)80-69-68-75(3,4)5)72(76)66-64-62-60-58-56-54-52-50-48-46-44-29-27-25-23-21-19-17-15-13-11-9-7-2/h8,10,14,16,20,22,26,28,31-32,34-35,37-38,64,66,71-72,76H,6-7,9,11-13,15,17-19,21,23-25,27,29-30,33,36,39-63,65,67-70H2,1-5H3,(H-,74,77,78,79)/b10-8-,16-14-,22-20-,28-26-,32-31-,35-34-,38-37-,66-64+. The monoisotopic (exact) mass is 1160 g/mol. The number of quaternary nitrogens is 1. The largest absolute Gasteiger partial charge is 0.756 e. The van der Waals surface area contributed by atoms with Crippen molar-refractivity contribution in [3.05, 3.63) is 97.2 Å². The van der Waals surface area contributed by atoms with Crippen molar-refractivity contribution < 1.29 is 32.9 Å². The summed E-state index contributed by atoms with van der Waals surface area (Å²) in [5, 5.41) is 14.0. The summed E-state index contributed by atoms with van der Waals surface area (Å²) in [6, 6.07) is -0.892. The van der Waals surface area contributed by atoms with Crippen LogP contribution in [0.2, 0.25) is 0 Å². The van der Waals surface area contributed by atoms with Crippen LogP contribution in [0.15, 0.2) is 97.2 Å². The van der Waals surface area contributed by atoms with Gasteiger partial charge in [-0.1, -0.05) is 323 Å². The first-order chi connectivity index (χ1) is 40.0. The van der Waals surface area contributed by atoms with E-state index in [1.807, 2.05) is 27.2 Å². The normalized spacial score (nSPS) is 14.3. The van der Waals surface area contributed by atoms with Crippen LogP contribution in [0.25, 0.3) is 0 Å². The third kappa shape index (κ3) is 65.0. The van der Waals surface area contributed by atoms with Gasteiger partial charge in [0.25, 0.3) is 7.82 Å². The third-order valence-electron chi connectivity index (χ3n) is 15.3. The van der Waals surface area contributed by atoms with E-state index in [4.69, 9.17) is 9.05 Å². The Morgan fingerprint density at radius 2 is 0.744 bits per heavy atom. The molecule has 8 nitrogen and oxygen atoms in total. The van der Waals surface area contributed by atoms with E-state index in [1.165, 1.54) is 205 Å². The first kappa shape index (κ1) is 79.4. The predicted molar refractivity (Wildman–Crippen MR) is 357 cm³/mol. The molecule has 0 radical (unpaired) electrons. The fourth-order valence-corrected chi connectivity index (χ4v) is 10.7. The molecule has 0 saturated carbocycles. The molecule has 0 bridgehead atoms. The van der Waals surface area contributed by atoms with Crippen LogP contribution in [0, 0.1) is 0 Å². The number of carbonyl (C=O) groups excluding carboxylic acids is 1. The van der Waals surface area contributed by atoms with Crippen molar-refractivity contribution >= 4 is 13.7 Å². The lowest BCUT2D eigenvalue weighted by Gasteiger charge is -2.29. The van der Waals surface area contributed by atoms with Crippen molar-refractivity contribution in [2.45, 2.75) is 321 Å². The summed E-state index contributed by atoms with van der Waals surface area (Å²) >= 11 is 0. The molecule has 0 aliphatic heterocycles. The fourth-order valence-electron chi connectivity index (χ4n) is 9.96. The lowest BCUT2D eigenvalue weighted by atomic mass is 10.0. The number of aliphatic hydroxyl groups excluding tert-OH is 1. The average molecular weight is 1170 g/mol. The van der Waals surface area contributed by atoms with Gasteiger partial charge in [0.1, 0.15) is 13.2 Å². The van der Waals surface area contributed by atoms with E-state index in [2.05, 4.69) is 104 Å². The summed E-state index contributed by atoms with van der Waals surface area (Å²) < 4.78 is 23.5. The first-order valence-corrected chi connectivity index (χ1v) is 36.1. The zero-order valence-corrected chi connectivity index (χ0v) is 55.3. The molecule has 3 unspecified atom stereocenters. The molecule has 0 saturated heterocycles. The van der Waals surface area contributed by atoms with Gasteiger partial charge >= 0.3 is 0 Å². The van der Waals surface area contributed by atoms with Gasteiger partial charge in [-0.2, -0.15) is 0 Å². The lowest BCUT2D eigenvalue weighted by Crippen LogP contribution is -2.45. The van der Waals surface area contributed by atoms with Gasteiger partial charge in [-0.25, -0.2) is 0 Å². The van der Waals surface area contributed by atoms with Crippen molar-refractivity contribution in [1.82, 2.24) is 5.32 Å². The second-order valence-electron chi connectivity index (χ2n) is 24.5. The minimum Gasteiger partial charge on any atom is -0.756 e. The molecule has 2 N–H and O–H groups in total. The van der Waals surface area contributed by atoms with E-state index in [9.17, 15) is 19.4 Å². The number of phosphoric ester groups is 1. The van der Waals surface area contributed by atoms with Crippen molar-refractivity contribution in [2.24, 2.45) is 0 Å². The van der Waals surface area contributed by atoms with Crippen LogP contribution in [0.5, 0.6) is 0 Å².